The second-order valence-electron chi connectivity index (χ2n) is 5.89. The number of alkyl halides is 3. The van der Waals surface area contributed by atoms with Gasteiger partial charge in [0.05, 0.1) is 16.0 Å². The van der Waals surface area contributed by atoms with Crippen molar-refractivity contribution in [2.45, 2.75) is 11.1 Å². The molecule has 0 amide bonds. The van der Waals surface area contributed by atoms with E-state index in [9.17, 15) is 26.0 Å². The number of rotatable bonds is 4. The van der Waals surface area contributed by atoms with Gasteiger partial charge in [-0.3, -0.25) is 0 Å². The van der Waals surface area contributed by atoms with Gasteiger partial charge < -0.3 is 4.42 Å². The third-order valence-corrected chi connectivity index (χ3v) is 5.63. The Balaban J connectivity index is 2.03. The Morgan fingerprint density at radius 2 is 1.64 bits per heavy atom. The van der Waals surface area contributed by atoms with Crippen LogP contribution in [-0.2, 0) is 16.2 Å². The Morgan fingerprint density at radius 3 is 2.29 bits per heavy atom. The van der Waals surface area contributed by atoms with Crippen molar-refractivity contribution in [3.05, 3.63) is 53.8 Å². The van der Waals surface area contributed by atoms with Crippen LogP contribution in [0.3, 0.4) is 0 Å². The fourth-order valence-electron chi connectivity index (χ4n) is 2.37. The number of sulfonamides is 1. The van der Waals surface area contributed by atoms with Crippen LogP contribution in [0.5, 0.6) is 0 Å². The van der Waals surface area contributed by atoms with Crippen molar-refractivity contribution >= 4 is 10.0 Å². The molecule has 6 nitrogen and oxygen atoms in total. The summed E-state index contributed by atoms with van der Waals surface area (Å²) in [4.78, 5) is -0.0417. The van der Waals surface area contributed by atoms with Crippen LogP contribution < -0.4 is 0 Å². The topological polar surface area (TPSA) is 76.3 Å². The monoisotopic (exact) mass is 415 g/mol. The third-order valence-electron chi connectivity index (χ3n) is 3.82. The van der Waals surface area contributed by atoms with Crippen molar-refractivity contribution in [2.24, 2.45) is 0 Å². The van der Waals surface area contributed by atoms with Gasteiger partial charge in [-0.05, 0) is 30.3 Å². The highest BCUT2D eigenvalue weighted by molar-refractivity contribution is 7.89. The van der Waals surface area contributed by atoms with E-state index < -0.39 is 39.0 Å². The van der Waals surface area contributed by atoms with Crippen molar-refractivity contribution in [1.82, 2.24) is 14.5 Å². The van der Waals surface area contributed by atoms with Crippen LogP contribution in [0.2, 0.25) is 0 Å². The van der Waals surface area contributed by atoms with Gasteiger partial charge in [0, 0.05) is 19.7 Å². The average molecular weight is 415 g/mol. The minimum Gasteiger partial charge on any atom is -0.416 e. The molecule has 28 heavy (non-hydrogen) atoms. The van der Waals surface area contributed by atoms with Gasteiger partial charge >= 0.3 is 6.18 Å². The van der Waals surface area contributed by atoms with Crippen molar-refractivity contribution < 1.29 is 30.4 Å². The third kappa shape index (κ3) is 3.62. The maximum absolute atomic E-state index is 14.2. The zero-order valence-electron chi connectivity index (χ0n) is 14.5. The number of hydrogen-bond donors (Lipinski definition) is 0. The number of halogens is 4. The van der Waals surface area contributed by atoms with E-state index in [1.54, 1.807) is 0 Å². The van der Waals surface area contributed by atoms with Crippen LogP contribution in [0.4, 0.5) is 17.6 Å². The van der Waals surface area contributed by atoms with Crippen molar-refractivity contribution in [3.63, 3.8) is 0 Å². The number of nitrogens with zero attached hydrogens (tertiary/aromatic N) is 3. The first-order valence-electron chi connectivity index (χ1n) is 7.74. The molecule has 0 unspecified atom stereocenters. The molecule has 1 aromatic heterocycles. The number of benzene rings is 2. The van der Waals surface area contributed by atoms with E-state index in [4.69, 9.17) is 4.42 Å². The summed E-state index contributed by atoms with van der Waals surface area (Å²) < 4.78 is 83.6. The van der Waals surface area contributed by atoms with Crippen LogP contribution in [-0.4, -0.2) is 37.0 Å². The standard InChI is InChI=1S/C17H13F4N3O3S/c1-24(2)28(25,26)11-6-3-5-10(9-11)15-22-23-16(27-15)12-7-4-8-13(14(12)18)17(19,20)21/h3-9H,1-2H3. The zero-order chi connectivity index (χ0) is 20.7. The van der Waals surface area contributed by atoms with Crippen LogP contribution in [0.25, 0.3) is 22.9 Å². The lowest BCUT2D eigenvalue weighted by molar-refractivity contribution is -0.139. The van der Waals surface area contributed by atoms with E-state index in [1.165, 1.54) is 38.4 Å². The lowest BCUT2D eigenvalue weighted by atomic mass is 10.1. The summed E-state index contributed by atoms with van der Waals surface area (Å²) in [7, 11) is -0.994. The zero-order valence-corrected chi connectivity index (χ0v) is 15.3. The van der Waals surface area contributed by atoms with E-state index in [0.717, 1.165) is 16.4 Å². The van der Waals surface area contributed by atoms with Gasteiger partial charge in [0.25, 0.3) is 5.89 Å². The summed E-state index contributed by atoms with van der Waals surface area (Å²) in [6.07, 6.45) is -4.88. The Bertz CT molecular complexity index is 1120. The van der Waals surface area contributed by atoms with E-state index in [2.05, 4.69) is 10.2 Å². The molecule has 0 aliphatic heterocycles. The van der Waals surface area contributed by atoms with Crippen molar-refractivity contribution in [2.75, 3.05) is 14.1 Å². The fourth-order valence-corrected chi connectivity index (χ4v) is 3.31. The number of hydrogen-bond acceptors (Lipinski definition) is 5. The Morgan fingerprint density at radius 1 is 1.00 bits per heavy atom. The first kappa shape index (κ1) is 20.0. The molecule has 0 atom stereocenters. The van der Waals surface area contributed by atoms with Gasteiger partial charge in [0.15, 0.2) is 0 Å². The predicted molar refractivity (Wildman–Crippen MR) is 91.0 cm³/mol. The van der Waals surface area contributed by atoms with E-state index in [0.29, 0.717) is 6.07 Å². The van der Waals surface area contributed by atoms with Gasteiger partial charge in [0.2, 0.25) is 15.9 Å². The normalized spacial score (nSPS) is 12.5. The molecule has 0 radical (unpaired) electrons. The maximum atomic E-state index is 14.2. The summed E-state index contributed by atoms with van der Waals surface area (Å²) in [5, 5.41) is 7.28. The predicted octanol–water partition coefficient (Wildman–Crippen LogP) is 3.81. The van der Waals surface area contributed by atoms with Crippen LogP contribution in [0.1, 0.15) is 5.56 Å². The van der Waals surface area contributed by atoms with Crippen LogP contribution >= 0.6 is 0 Å². The van der Waals surface area contributed by atoms with Crippen molar-refractivity contribution in [3.8, 4) is 22.9 Å². The molecule has 2 aromatic carbocycles. The smallest absolute Gasteiger partial charge is 0.416 e. The second kappa shape index (κ2) is 6.99. The Kier molecular flexibility index (Phi) is 4.98. The molecule has 3 aromatic rings. The first-order chi connectivity index (χ1) is 13.0. The number of aromatic nitrogens is 2. The Hall–Kier alpha value is -2.79. The molecule has 0 fully saturated rings. The van der Waals surface area contributed by atoms with Crippen LogP contribution in [0, 0.1) is 5.82 Å². The highest BCUT2D eigenvalue weighted by Gasteiger charge is 2.35. The maximum Gasteiger partial charge on any atom is 0.419 e. The van der Waals surface area contributed by atoms with E-state index >= 15 is 0 Å². The quantitative estimate of drug-likeness (QED) is 0.606. The van der Waals surface area contributed by atoms with Gasteiger partial charge in [-0.15, -0.1) is 10.2 Å². The first-order valence-corrected chi connectivity index (χ1v) is 9.18. The van der Waals surface area contributed by atoms with Gasteiger partial charge in [0.1, 0.15) is 5.82 Å². The largest absolute Gasteiger partial charge is 0.419 e. The summed E-state index contributed by atoms with van der Waals surface area (Å²) in [5.41, 5.74) is -1.75. The van der Waals surface area contributed by atoms with E-state index in [1.807, 2.05) is 0 Å². The molecular formula is C17H13F4N3O3S. The summed E-state index contributed by atoms with van der Waals surface area (Å²) in [6, 6.07) is 8.27. The minimum atomic E-state index is -4.88. The molecule has 0 bridgehead atoms. The summed E-state index contributed by atoms with van der Waals surface area (Å²) in [6.45, 7) is 0. The van der Waals surface area contributed by atoms with Crippen molar-refractivity contribution in [1.29, 1.82) is 0 Å². The lowest BCUT2D eigenvalue weighted by Crippen LogP contribution is -2.22. The molecule has 0 saturated carbocycles. The second-order valence-corrected chi connectivity index (χ2v) is 8.04. The molecular weight excluding hydrogens is 402 g/mol. The molecule has 148 valence electrons. The molecule has 1 heterocycles. The van der Waals surface area contributed by atoms with Gasteiger partial charge in [-0.2, -0.15) is 13.2 Å². The molecule has 0 saturated heterocycles. The van der Waals surface area contributed by atoms with Gasteiger partial charge in [-0.1, -0.05) is 12.1 Å². The van der Waals surface area contributed by atoms with Crippen LogP contribution in [0.15, 0.2) is 51.8 Å². The minimum absolute atomic E-state index is 0.0417. The highest BCUT2D eigenvalue weighted by atomic mass is 32.2. The average Bonchev–Trinajstić information content (AvgIpc) is 3.10. The SMILES string of the molecule is CN(C)S(=O)(=O)c1cccc(-c2nnc(-c3cccc(C(F)(F)F)c3F)o2)c1. The van der Waals surface area contributed by atoms with E-state index in [-0.39, 0.29) is 16.3 Å². The summed E-state index contributed by atoms with van der Waals surface area (Å²) >= 11 is 0. The fraction of sp³-hybridized carbons (Fsp3) is 0.176. The van der Waals surface area contributed by atoms with Gasteiger partial charge in [-0.25, -0.2) is 17.1 Å². The summed E-state index contributed by atoms with van der Waals surface area (Å²) in [5.74, 6) is -2.16. The molecule has 0 spiro atoms. The molecule has 0 aliphatic carbocycles. The lowest BCUT2D eigenvalue weighted by Gasteiger charge is -2.11. The molecule has 11 heteroatoms. The molecule has 0 N–H and O–H groups in total. The highest BCUT2D eigenvalue weighted by Crippen LogP contribution is 2.35. The molecule has 0 aliphatic rings. The Labute approximate surface area is 157 Å². The molecule has 3 rings (SSSR count).